The van der Waals surface area contributed by atoms with Crippen LogP contribution in [-0.4, -0.2) is 19.3 Å². The summed E-state index contributed by atoms with van der Waals surface area (Å²) in [7, 11) is 0. The monoisotopic (exact) mass is 131 g/mol. The van der Waals surface area contributed by atoms with Crippen LogP contribution in [0.2, 0.25) is 0 Å². The van der Waals surface area contributed by atoms with E-state index in [2.05, 4.69) is 13.8 Å². The van der Waals surface area contributed by atoms with Crippen LogP contribution in [0, 0.1) is 5.92 Å². The van der Waals surface area contributed by atoms with E-state index in [9.17, 15) is 5.11 Å². The molecule has 2 heteroatoms. The molecule has 0 saturated carbocycles. The summed E-state index contributed by atoms with van der Waals surface area (Å²) in [6.45, 7) is 6.50. The van der Waals surface area contributed by atoms with Crippen molar-refractivity contribution in [1.82, 2.24) is 0 Å². The van der Waals surface area contributed by atoms with Gasteiger partial charge in [0, 0.05) is 6.61 Å². The van der Waals surface area contributed by atoms with Gasteiger partial charge in [0.1, 0.15) is 6.61 Å². The third-order valence-corrected chi connectivity index (χ3v) is 0.949. The maximum Gasteiger partial charge on any atom is 0.108 e. The van der Waals surface area contributed by atoms with Crippen LogP contribution in [0.25, 0.3) is 0 Å². The second-order valence-electron chi connectivity index (χ2n) is 2.70. The molecule has 0 aliphatic carbocycles. The van der Waals surface area contributed by atoms with E-state index < -0.39 is 0 Å². The highest BCUT2D eigenvalue weighted by molar-refractivity contribution is 4.46. The summed E-state index contributed by atoms with van der Waals surface area (Å²) in [6, 6.07) is 0. The summed E-state index contributed by atoms with van der Waals surface area (Å²) in [5, 5.41) is 10.1. The van der Waals surface area contributed by atoms with E-state index in [0.29, 0.717) is 12.5 Å². The zero-order chi connectivity index (χ0) is 7.28. The lowest BCUT2D eigenvalue weighted by molar-refractivity contribution is -0.00848. The van der Waals surface area contributed by atoms with Gasteiger partial charge in [0.05, 0.1) is 6.10 Å². The van der Waals surface area contributed by atoms with Crippen molar-refractivity contribution < 1.29 is 9.84 Å². The Hall–Kier alpha value is -0.0800. The SMILES string of the molecule is CC(C)COC(C)C[O]. The van der Waals surface area contributed by atoms with Crippen LogP contribution in [0.3, 0.4) is 0 Å². The van der Waals surface area contributed by atoms with Gasteiger partial charge in [-0.2, -0.15) is 0 Å². The molecule has 9 heavy (non-hydrogen) atoms. The maximum absolute atomic E-state index is 10.1. The molecule has 1 radical (unpaired) electrons. The Bertz CT molecular complexity index is 61.9. The van der Waals surface area contributed by atoms with Gasteiger partial charge < -0.3 is 4.74 Å². The normalized spacial score (nSPS) is 14.3. The zero-order valence-corrected chi connectivity index (χ0v) is 6.39. The Morgan fingerprint density at radius 3 is 2.22 bits per heavy atom. The van der Waals surface area contributed by atoms with E-state index in [0.717, 1.165) is 0 Å². The van der Waals surface area contributed by atoms with Gasteiger partial charge in [0.15, 0.2) is 0 Å². The van der Waals surface area contributed by atoms with Gasteiger partial charge in [-0.05, 0) is 12.8 Å². The molecule has 0 N–H and O–H groups in total. The first kappa shape index (κ1) is 8.92. The first-order chi connectivity index (χ1) is 4.16. The molecule has 0 bridgehead atoms. The third kappa shape index (κ3) is 5.80. The van der Waals surface area contributed by atoms with E-state index in [4.69, 9.17) is 4.74 Å². The highest BCUT2D eigenvalue weighted by Crippen LogP contribution is 1.96. The first-order valence-electron chi connectivity index (χ1n) is 3.36. The highest BCUT2D eigenvalue weighted by Gasteiger charge is 2.00. The van der Waals surface area contributed by atoms with Gasteiger partial charge in [0.25, 0.3) is 0 Å². The van der Waals surface area contributed by atoms with Crippen molar-refractivity contribution in [2.75, 3.05) is 13.2 Å². The Labute approximate surface area is 56.8 Å². The van der Waals surface area contributed by atoms with Gasteiger partial charge >= 0.3 is 0 Å². The predicted octanol–water partition coefficient (Wildman–Crippen LogP) is 1.48. The summed E-state index contributed by atoms with van der Waals surface area (Å²) >= 11 is 0. The molecular formula is C7H15O2. The van der Waals surface area contributed by atoms with Crippen molar-refractivity contribution in [1.29, 1.82) is 0 Å². The number of hydrogen-bond acceptors (Lipinski definition) is 1. The first-order valence-corrected chi connectivity index (χ1v) is 3.36. The standard InChI is InChI=1S/C7H15O2/c1-6(2)5-9-7(3)4-8/h6-7H,4-5H2,1-3H3. The molecule has 0 aromatic heterocycles. The summed E-state index contributed by atoms with van der Waals surface area (Å²) in [4.78, 5) is 0. The van der Waals surface area contributed by atoms with Crippen LogP contribution in [0.1, 0.15) is 20.8 Å². The Morgan fingerprint density at radius 1 is 1.33 bits per heavy atom. The Kier molecular flexibility index (Phi) is 4.72. The predicted molar refractivity (Wildman–Crippen MR) is 35.8 cm³/mol. The molecule has 0 spiro atoms. The molecule has 0 saturated heterocycles. The van der Waals surface area contributed by atoms with E-state index in [1.165, 1.54) is 0 Å². The molecule has 1 unspecified atom stereocenters. The maximum atomic E-state index is 10.1. The average molecular weight is 131 g/mol. The van der Waals surface area contributed by atoms with E-state index in [-0.39, 0.29) is 12.7 Å². The minimum absolute atomic E-state index is 0.118. The Morgan fingerprint density at radius 2 is 1.89 bits per heavy atom. The summed E-state index contributed by atoms with van der Waals surface area (Å²) < 4.78 is 5.14. The molecule has 0 amide bonds. The van der Waals surface area contributed by atoms with E-state index in [1.807, 2.05) is 0 Å². The largest absolute Gasteiger partial charge is 0.376 e. The molecule has 0 fully saturated rings. The number of rotatable bonds is 4. The highest BCUT2D eigenvalue weighted by atomic mass is 16.5. The van der Waals surface area contributed by atoms with Crippen LogP contribution in [0.4, 0.5) is 0 Å². The smallest absolute Gasteiger partial charge is 0.108 e. The van der Waals surface area contributed by atoms with E-state index >= 15 is 0 Å². The topological polar surface area (TPSA) is 29.1 Å². The zero-order valence-electron chi connectivity index (χ0n) is 6.39. The number of ether oxygens (including phenoxy) is 1. The van der Waals surface area contributed by atoms with Crippen LogP contribution in [0.5, 0.6) is 0 Å². The minimum Gasteiger partial charge on any atom is -0.376 e. The van der Waals surface area contributed by atoms with Gasteiger partial charge in [0.2, 0.25) is 0 Å². The summed E-state index contributed by atoms with van der Waals surface area (Å²) in [5.41, 5.74) is 0. The average Bonchev–Trinajstić information content (AvgIpc) is 1.83. The molecule has 0 rings (SSSR count). The van der Waals surface area contributed by atoms with Gasteiger partial charge in [-0.3, -0.25) is 0 Å². The molecule has 0 aromatic rings. The molecule has 55 valence electrons. The quantitative estimate of drug-likeness (QED) is 0.568. The second-order valence-corrected chi connectivity index (χ2v) is 2.70. The van der Waals surface area contributed by atoms with Crippen molar-refractivity contribution in [2.45, 2.75) is 26.9 Å². The fourth-order valence-corrected chi connectivity index (χ4v) is 0.405. The molecular weight excluding hydrogens is 116 g/mol. The lowest BCUT2D eigenvalue weighted by Gasteiger charge is -2.10. The molecule has 0 aliphatic heterocycles. The molecule has 0 aromatic carbocycles. The van der Waals surface area contributed by atoms with Crippen molar-refractivity contribution >= 4 is 0 Å². The summed E-state index contributed by atoms with van der Waals surface area (Å²) in [6.07, 6.45) is -0.118. The molecule has 2 nitrogen and oxygen atoms in total. The van der Waals surface area contributed by atoms with Crippen molar-refractivity contribution in [3.63, 3.8) is 0 Å². The van der Waals surface area contributed by atoms with Crippen LogP contribution in [0.15, 0.2) is 0 Å². The third-order valence-electron chi connectivity index (χ3n) is 0.949. The fraction of sp³-hybridized carbons (Fsp3) is 1.00. The molecule has 0 aliphatic rings. The fourth-order valence-electron chi connectivity index (χ4n) is 0.405. The van der Waals surface area contributed by atoms with Crippen LogP contribution < -0.4 is 0 Å². The Balaban J connectivity index is 3.06. The van der Waals surface area contributed by atoms with Crippen LogP contribution >= 0.6 is 0 Å². The van der Waals surface area contributed by atoms with E-state index in [1.54, 1.807) is 6.92 Å². The van der Waals surface area contributed by atoms with Crippen molar-refractivity contribution in [3.8, 4) is 0 Å². The van der Waals surface area contributed by atoms with Gasteiger partial charge in [-0.1, -0.05) is 13.8 Å². The van der Waals surface area contributed by atoms with Crippen LogP contribution in [-0.2, 0) is 9.84 Å². The van der Waals surface area contributed by atoms with Gasteiger partial charge in [-0.15, -0.1) is 0 Å². The summed E-state index contributed by atoms with van der Waals surface area (Å²) in [5.74, 6) is 0.527. The molecule has 1 atom stereocenters. The molecule has 0 heterocycles. The second kappa shape index (κ2) is 4.77. The lowest BCUT2D eigenvalue weighted by Crippen LogP contribution is -2.15. The number of hydrogen-bond donors (Lipinski definition) is 0. The van der Waals surface area contributed by atoms with Crippen molar-refractivity contribution in [2.24, 2.45) is 5.92 Å². The minimum atomic E-state index is -0.132. The van der Waals surface area contributed by atoms with Gasteiger partial charge in [-0.25, -0.2) is 5.11 Å². The van der Waals surface area contributed by atoms with Crippen molar-refractivity contribution in [3.05, 3.63) is 0 Å². The lowest BCUT2D eigenvalue weighted by atomic mass is 10.2.